The van der Waals surface area contributed by atoms with E-state index < -0.39 is 8.32 Å². The van der Waals surface area contributed by atoms with Crippen LogP contribution in [0.5, 0.6) is 0 Å². The smallest absolute Gasteiger partial charge is 0.184 e. The van der Waals surface area contributed by atoms with Gasteiger partial charge in [0, 0.05) is 7.11 Å². The summed E-state index contributed by atoms with van der Waals surface area (Å²) in [5.74, 6) is -0.138. The van der Waals surface area contributed by atoms with E-state index in [-0.39, 0.29) is 18.1 Å². The fraction of sp³-hybridized carbons (Fsp3) is 0.533. The Morgan fingerprint density at radius 1 is 1.21 bits per heavy atom. The highest BCUT2D eigenvalue weighted by Gasteiger charge is 2.37. The summed E-state index contributed by atoms with van der Waals surface area (Å²) >= 11 is 0. The van der Waals surface area contributed by atoms with Crippen LogP contribution in [0.15, 0.2) is 24.3 Å². The van der Waals surface area contributed by atoms with Crippen LogP contribution >= 0.6 is 0 Å². The van der Waals surface area contributed by atoms with E-state index in [1.807, 2.05) is 18.2 Å². The van der Waals surface area contributed by atoms with Gasteiger partial charge in [0.2, 0.25) is 0 Å². The van der Waals surface area contributed by atoms with Gasteiger partial charge in [-0.2, -0.15) is 5.26 Å². The average molecular weight is 275 g/mol. The van der Waals surface area contributed by atoms with Crippen molar-refractivity contribution in [3.05, 3.63) is 35.4 Å². The van der Waals surface area contributed by atoms with Crippen molar-refractivity contribution >= 4 is 8.32 Å². The monoisotopic (exact) mass is 275 g/mol. The van der Waals surface area contributed by atoms with Crippen molar-refractivity contribution in [3.63, 3.8) is 0 Å². The molecule has 3 atom stereocenters. The van der Waals surface area contributed by atoms with Crippen LogP contribution in [-0.2, 0) is 9.16 Å². The Balaban J connectivity index is 2.40. The molecule has 3 unspecified atom stereocenters. The molecule has 1 aliphatic carbocycles. The van der Waals surface area contributed by atoms with E-state index in [1.165, 1.54) is 5.56 Å². The number of nitriles is 1. The van der Waals surface area contributed by atoms with Crippen molar-refractivity contribution in [2.24, 2.45) is 5.92 Å². The van der Waals surface area contributed by atoms with Crippen LogP contribution in [-0.4, -0.2) is 15.4 Å². The Hall–Kier alpha value is -1.15. The molecule has 4 heteroatoms. The molecule has 0 N–H and O–H groups in total. The molecule has 0 bridgehead atoms. The molecule has 19 heavy (non-hydrogen) atoms. The summed E-state index contributed by atoms with van der Waals surface area (Å²) in [6, 6.07) is 10.5. The molecule has 0 aliphatic heterocycles. The highest BCUT2D eigenvalue weighted by molar-refractivity contribution is 6.69. The number of hydrogen-bond donors (Lipinski definition) is 0. The molecular weight excluding hydrogens is 254 g/mol. The van der Waals surface area contributed by atoms with Gasteiger partial charge in [0.1, 0.15) is 0 Å². The lowest BCUT2D eigenvalue weighted by Crippen LogP contribution is -2.33. The van der Waals surface area contributed by atoms with Crippen molar-refractivity contribution in [1.29, 1.82) is 5.26 Å². The summed E-state index contributed by atoms with van der Waals surface area (Å²) in [6.45, 7) is 6.54. The predicted octanol–water partition coefficient (Wildman–Crippen LogP) is 3.81. The van der Waals surface area contributed by atoms with Gasteiger partial charge in [-0.15, -0.1) is 0 Å². The summed E-state index contributed by atoms with van der Waals surface area (Å²) in [7, 11) is 0.0342. The van der Waals surface area contributed by atoms with Gasteiger partial charge in [-0.05, 0) is 37.2 Å². The van der Waals surface area contributed by atoms with Gasteiger partial charge in [0.25, 0.3) is 0 Å². The number of ether oxygens (including phenoxy) is 1. The van der Waals surface area contributed by atoms with E-state index in [9.17, 15) is 5.26 Å². The lowest BCUT2D eigenvalue weighted by atomic mass is 9.80. The van der Waals surface area contributed by atoms with Gasteiger partial charge >= 0.3 is 0 Å². The first kappa shape index (κ1) is 14.3. The van der Waals surface area contributed by atoms with Crippen molar-refractivity contribution in [2.45, 2.75) is 38.3 Å². The molecular formula is C15H21NO2Si. The lowest BCUT2D eigenvalue weighted by Gasteiger charge is -2.37. The number of rotatable bonds is 3. The average Bonchev–Trinajstić information content (AvgIpc) is 2.36. The molecule has 0 saturated carbocycles. The molecule has 3 nitrogen and oxygen atoms in total. The van der Waals surface area contributed by atoms with E-state index in [2.05, 4.69) is 31.8 Å². The minimum absolute atomic E-state index is 0.0268. The first-order valence-electron chi connectivity index (χ1n) is 6.65. The molecule has 0 saturated heterocycles. The number of nitrogens with zero attached hydrogens (tertiary/aromatic N) is 1. The first-order valence-corrected chi connectivity index (χ1v) is 10.1. The Morgan fingerprint density at radius 2 is 1.84 bits per heavy atom. The van der Waals surface area contributed by atoms with Crippen LogP contribution in [0.4, 0.5) is 0 Å². The molecule has 1 aromatic carbocycles. The molecule has 0 fully saturated rings. The van der Waals surface area contributed by atoms with Crippen LogP contribution in [0.1, 0.15) is 29.8 Å². The highest BCUT2D eigenvalue weighted by atomic mass is 28.4. The Kier molecular flexibility index (Phi) is 4.09. The zero-order chi connectivity index (χ0) is 14.0. The standard InChI is InChI=1S/C15H21NO2Si/c1-17-15-11(10-16)9-14(18-19(2,3)4)12-7-5-6-8-13(12)15/h5-8,11,14-15H,9H2,1-4H3. The summed E-state index contributed by atoms with van der Waals surface area (Å²) in [5.41, 5.74) is 2.29. The molecule has 1 aromatic rings. The van der Waals surface area contributed by atoms with Crippen molar-refractivity contribution in [1.82, 2.24) is 0 Å². The van der Waals surface area contributed by atoms with Crippen molar-refractivity contribution in [2.75, 3.05) is 7.11 Å². The van der Waals surface area contributed by atoms with Gasteiger partial charge < -0.3 is 9.16 Å². The third-order valence-corrected chi connectivity index (χ3v) is 4.39. The van der Waals surface area contributed by atoms with Crippen molar-refractivity contribution < 1.29 is 9.16 Å². The second kappa shape index (κ2) is 5.46. The van der Waals surface area contributed by atoms with Gasteiger partial charge in [0.05, 0.1) is 24.2 Å². The molecule has 0 spiro atoms. The minimum atomic E-state index is -1.64. The van der Waals surface area contributed by atoms with Gasteiger partial charge in [-0.3, -0.25) is 0 Å². The fourth-order valence-corrected chi connectivity index (χ4v) is 3.79. The fourth-order valence-electron chi connectivity index (χ4n) is 2.71. The maximum atomic E-state index is 9.36. The SMILES string of the molecule is COC1c2ccccc2C(O[Si](C)(C)C)CC1C#N. The topological polar surface area (TPSA) is 42.2 Å². The third-order valence-electron chi connectivity index (χ3n) is 3.40. The van der Waals surface area contributed by atoms with Crippen molar-refractivity contribution in [3.8, 4) is 6.07 Å². The van der Waals surface area contributed by atoms with Gasteiger partial charge in [0.15, 0.2) is 8.32 Å². The number of fused-ring (bicyclic) bond motifs is 1. The largest absolute Gasteiger partial charge is 0.411 e. The van der Waals surface area contributed by atoms with E-state index in [0.29, 0.717) is 0 Å². The van der Waals surface area contributed by atoms with E-state index in [4.69, 9.17) is 9.16 Å². The lowest BCUT2D eigenvalue weighted by molar-refractivity contribution is 0.0315. The second-order valence-electron chi connectivity index (χ2n) is 5.98. The molecule has 2 rings (SSSR count). The zero-order valence-corrected chi connectivity index (χ0v) is 13.0. The van der Waals surface area contributed by atoms with E-state index in [1.54, 1.807) is 7.11 Å². The summed E-state index contributed by atoms with van der Waals surface area (Å²) < 4.78 is 11.8. The highest BCUT2D eigenvalue weighted by Crippen LogP contribution is 2.44. The summed E-state index contributed by atoms with van der Waals surface area (Å²) in [5, 5.41) is 9.36. The van der Waals surface area contributed by atoms with E-state index >= 15 is 0 Å². The van der Waals surface area contributed by atoms with Crippen LogP contribution < -0.4 is 0 Å². The van der Waals surface area contributed by atoms with Crippen LogP contribution in [0.25, 0.3) is 0 Å². The van der Waals surface area contributed by atoms with Gasteiger partial charge in [-0.25, -0.2) is 0 Å². The van der Waals surface area contributed by atoms with Crippen LogP contribution in [0.3, 0.4) is 0 Å². The second-order valence-corrected chi connectivity index (χ2v) is 10.4. The molecule has 1 aliphatic rings. The zero-order valence-electron chi connectivity index (χ0n) is 12.0. The summed E-state index contributed by atoms with van der Waals surface area (Å²) in [6.07, 6.45) is 0.609. The molecule has 0 radical (unpaired) electrons. The number of benzene rings is 1. The first-order chi connectivity index (χ1) is 8.96. The third kappa shape index (κ3) is 3.06. The summed E-state index contributed by atoms with van der Waals surface area (Å²) in [4.78, 5) is 0. The minimum Gasteiger partial charge on any atom is -0.411 e. The molecule has 0 heterocycles. The normalized spacial score (nSPS) is 26.6. The van der Waals surface area contributed by atoms with Crippen LogP contribution in [0.2, 0.25) is 19.6 Å². The maximum Gasteiger partial charge on any atom is 0.184 e. The van der Waals surface area contributed by atoms with Crippen LogP contribution in [0, 0.1) is 17.2 Å². The maximum absolute atomic E-state index is 9.36. The predicted molar refractivity (Wildman–Crippen MR) is 77.1 cm³/mol. The molecule has 102 valence electrons. The molecule has 0 aromatic heterocycles. The number of hydrogen-bond acceptors (Lipinski definition) is 3. The molecule has 0 amide bonds. The number of methoxy groups -OCH3 is 1. The quantitative estimate of drug-likeness (QED) is 0.788. The Morgan fingerprint density at radius 3 is 2.37 bits per heavy atom. The van der Waals surface area contributed by atoms with Gasteiger partial charge in [-0.1, -0.05) is 24.3 Å². The van der Waals surface area contributed by atoms with E-state index in [0.717, 1.165) is 12.0 Å². The Labute approximate surface area is 116 Å². The Bertz CT molecular complexity index is 490.